The number of carbonyl (C=O) groups excluding carboxylic acids is 2. The van der Waals surface area contributed by atoms with Gasteiger partial charge in [-0.3, -0.25) is 9.59 Å². The predicted octanol–water partition coefficient (Wildman–Crippen LogP) is 4.94. The van der Waals surface area contributed by atoms with Crippen LogP contribution in [0.1, 0.15) is 34.4 Å². The van der Waals surface area contributed by atoms with Gasteiger partial charge in [-0.2, -0.15) is 0 Å². The number of rotatable bonds is 12. The molecule has 8 nitrogen and oxygen atoms in total. The molecule has 2 heterocycles. The van der Waals surface area contributed by atoms with E-state index in [1.165, 1.54) is 10.5 Å². The molecule has 0 fully saturated rings. The largest absolute Gasteiger partial charge is 0.481 e. The quantitative estimate of drug-likeness (QED) is 0.250. The number of nitrogens with zero attached hydrogens (tertiary/aromatic N) is 3. The first kappa shape index (κ1) is 29.8. The number of benzene rings is 2. The zero-order chi connectivity index (χ0) is 29.5. The number of ether oxygens (including phenoxy) is 2. The van der Waals surface area contributed by atoms with Crippen LogP contribution in [-0.4, -0.2) is 55.3 Å². The summed E-state index contributed by atoms with van der Waals surface area (Å²) >= 11 is 0. The SMILES string of the molecule is COCCCn1c(C)c(CC(=O)N[C@@H](Cc2ccccc2)C(=O)N(C)c2ccc(OC)nc2)c2c(C)ccc(C)c21. The normalized spacial score (nSPS) is 11.9. The van der Waals surface area contributed by atoms with Crippen molar-refractivity contribution in [1.29, 1.82) is 0 Å². The molecular formula is C33H40N4O4. The van der Waals surface area contributed by atoms with Gasteiger partial charge >= 0.3 is 0 Å². The molecule has 0 saturated carbocycles. The van der Waals surface area contributed by atoms with Crippen LogP contribution in [0.3, 0.4) is 0 Å². The molecule has 2 amide bonds. The van der Waals surface area contributed by atoms with Gasteiger partial charge in [0.2, 0.25) is 17.7 Å². The number of carbonyl (C=O) groups is 2. The van der Waals surface area contributed by atoms with Crippen LogP contribution in [0.25, 0.3) is 10.9 Å². The van der Waals surface area contributed by atoms with E-state index in [1.54, 1.807) is 39.6 Å². The van der Waals surface area contributed by atoms with E-state index in [-0.39, 0.29) is 18.2 Å². The third kappa shape index (κ3) is 6.77. The number of aryl methyl sites for hydroxylation is 3. The van der Waals surface area contributed by atoms with Crippen molar-refractivity contribution in [3.8, 4) is 5.88 Å². The fourth-order valence-electron chi connectivity index (χ4n) is 5.41. The second kappa shape index (κ2) is 13.5. The van der Waals surface area contributed by atoms with Gasteiger partial charge in [0.05, 0.1) is 30.9 Å². The topological polar surface area (TPSA) is 85.7 Å². The van der Waals surface area contributed by atoms with Crippen molar-refractivity contribution >= 4 is 28.4 Å². The maximum Gasteiger partial charge on any atom is 0.249 e. The van der Waals surface area contributed by atoms with Crippen molar-refractivity contribution in [3.63, 3.8) is 0 Å². The Morgan fingerprint density at radius 1 is 1.00 bits per heavy atom. The zero-order valence-electron chi connectivity index (χ0n) is 24.9. The molecule has 41 heavy (non-hydrogen) atoms. The van der Waals surface area contributed by atoms with Crippen LogP contribution in [0.4, 0.5) is 5.69 Å². The van der Waals surface area contributed by atoms with Crippen molar-refractivity contribution in [3.05, 3.63) is 88.7 Å². The standard InChI is InChI=1S/C33H40N4O4/c1-22-13-14-23(2)32-31(22)27(24(3)37(32)17-10-18-40-5)20-29(38)35-28(19-25-11-8-7-9-12-25)33(39)36(4)26-15-16-30(41-6)34-21-26/h7-9,11-16,21,28H,10,17-20H2,1-6H3,(H,35,38)/t28-/m0/s1. The lowest BCUT2D eigenvalue weighted by atomic mass is 10.00. The van der Waals surface area contributed by atoms with E-state index in [2.05, 4.69) is 47.8 Å². The van der Waals surface area contributed by atoms with Crippen molar-refractivity contribution in [1.82, 2.24) is 14.9 Å². The highest BCUT2D eigenvalue weighted by Crippen LogP contribution is 2.32. The first-order chi connectivity index (χ1) is 19.7. The van der Waals surface area contributed by atoms with Crippen molar-refractivity contribution in [2.24, 2.45) is 0 Å². The maximum absolute atomic E-state index is 13.8. The predicted molar refractivity (Wildman–Crippen MR) is 163 cm³/mol. The smallest absolute Gasteiger partial charge is 0.249 e. The van der Waals surface area contributed by atoms with Crippen molar-refractivity contribution in [2.75, 3.05) is 32.8 Å². The Labute approximate surface area is 242 Å². The fourth-order valence-corrected chi connectivity index (χ4v) is 5.41. The Kier molecular flexibility index (Phi) is 9.78. The van der Waals surface area contributed by atoms with Gasteiger partial charge in [0.1, 0.15) is 6.04 Å². The average Bonchev–Trinajstić information content (AvgIpc) is 3.26. The molecule has 0 aliphatic rings. The molecule has 4 rings (SSSR count). The summed E-state index contributed by atoms with van der Waals surface area (Å²) < 4.78 is 12.7. The number of nitrogens with one attached hydrogen (secondary N) is 1. The highest BCUT2D eigenvalue weighted by Gasteiger charge is 2.27. The first-order valence-electron chi connectivity index (χ1n) is 13.9. The highest BCUT2D eigenvalue weighted by atomic mass is 16.5. The number of fused-ring (bicyclic) bond motifs is 1. The Morgan fingerprint density at radius 3 is 2.39 bits per heavy atom. The molecule has 216 valence electrons. The van der Waals surface area contributed by atoms with Gasteiger partial charge in [-0.05, 0) is 55.5 Å². The molecule has 0 radical (unpaired) electrons. The van der Waals surface area contributed by atoms with Crippen LogP contribution >= 0.6 is 0 Å². The number of aromatic nitrogens is 2. The lowest BCUT2D eigenvalue weighted by Crippen LogP contribution is -2.49. The van der Waals surface area contributed by atoms with E-state index in [0.29, 0.717) is 24.6 Å². The first-order valence-corrected chi connectivity index (χ1v) is 13.9. The third-order valence-corrected chi connectivity index (χ3v) is 7.63. The number of likely N-dealkylation sites (N-methyl/N-ethyl adjacent to an activating group) is 1. The Bertz CT molecular complexity index is 1500. The molecule has 0 unspecified atom stereocenters. The molecule has 4 aromatic rings. The molecule has 0 aliphatic carbocycles. The second-order valence-electron chi connectivity index (χ2n) is 10.4. The number of amides is 2. The zero-order valence-corrected chi connectivity index (χ0v) is 24.9. The fraction of sp³-hybridized carbons (Fsp3) is 0.364. The summed E-state index contributed by atoms with van der Waals surface area (Å²) in [4.78, 5) is 33.2. The van der Waals surface area contributed by atoms with Gasteiger partial charge in [0.25, 0.3) is 0 Å². The number of hydrogen-bond donors (Lipinski definition) is 1. The molecule has 2 aromatic heterocycles. The number of methoxy groups -OCH3 is 2. The third-order valence-electron chi connectivity index (χ3n) is 7.63. The summed E-state index contributed by atoms with van der Waals surface area (Å²) in [6.45, 7) is 7.74. The molecule has 0 aliphatic heterocycles. The highest BCUT2D eigenvalue weighted by molar-refractivity contribution is 6.00. The minimum Gasteiger partial charge on any atom is -0.481 e. The Morgan fingerprint density at radius 2 is 1.73 bits per heavy atom. The molecule has 1 N–H and O–H groups in total. The van der Waals surface area contributed by atoms with Gasteiger partial charge in [-0.15, -0.1) is 0 Å². The van der Waals surface area contributed by atoms with E-state index < -0.39 is 6.04 Å². The molecule has 0 spiro atoms. The Hall–Kier alpha value is -4.17. The molecular weight excluding hydrogens is 516 g/mol. The number of hydrogen-bond acceptors (Lipinski definition) is 5. The average molecular weight is 557 g/mol. The van der Waals surface area contributed by atoms with Crippen LogP contribution < -0.4 is 15.0 Å². The summed E-state index contributed by atoms with van der Waals surface area (Å²) in [5.74, 6) is 0.0476. The lowest BCUT2D eigenvalue weighted by Gasteiger charge is -2.25. The number of anilines is 1. The monoisotopic (exact) mass is 556 g/mol. The lowest BCUT2D eigenvalue weighted by molar-refractivity contribution is -0.127. The van der Waals surface area contributed by atoms with Gasteiger partial charge in [-0.1, -0.05) is 42.5 Å². The summed E-state index contributed by atoms with van der Waals surface area (Å²) in [5, 5.41) is 4.18. The number of pyridine rings is 1. The summed E-state index contributed by atoms with van der Waals surface area (Å²) in [6, 6.07) is 16.7. The molecule has 0 bridgehead atoms. The van der Waals surface area contributed by atoms with Crippen molar-refractivity contribution < 1.29 is 19.1 Å². The molecule has 2 aromatic carbocycles. The molecule has 1 atom stereocenters. The van der Waals surface area contributed by atoms with E-state index in [0.717, 1.165) is 46.3 Å². The van der Waals surface area contributed by atoms with Crippen LogP contribution in [0, 0.1) is 20.8 Å². The van der Waals surface area contributed by atoms with Crippen LogP contribution in [0.5, 0.6) is 5.88 Å². The van der Waals surface area contributed by atoms with Gasteiger partial charge in [0, 0.05) is 50.9 Å². The van der Waals surface area contributed by atoms with Gasteiger partial charge in [-0.25, -0.2) is 4.98 Å². The second-order valence-corrected chi connectivity index (χ2v) is 10.4. The Balaban J connectivity index is 1.63. The maximum atomic E-state index is 13.8. The summed E-state index contributed by atoms with van der Waals surface area (Å²) in [6.07, 6.45) is 3.01. The van der Waals surface area contributed by atoms with Crippen molar-refractivity contribution in [2.45, 2.75) is 52.6 Å². The van der Waals surface area contributed by atoms with E-state index in [9.17, 15) is 9.59 Å². The van der Waals surface area contributed by atoms with Crippen LogP contribution in [-0.2, 0) is 33.7 Å². The molecule has 0 saturated heterocycles. The van der Waals surface area contributed by atoms with E-state index >= 15 is 0 Å². The summed E-state index contributed by atoms with van der Waals surface area (Å²) in [5.41, 5.74) is 7.10. The van der Waals surface area contributed by atoms with E-state index in [4.69, 9.17) is 9.47 Å². The van der Waals surface area contributed by atoms with Gasteiger partial charge in [0.15, 0.2) is 0 Å². The summed E-state index contributed by atoms with van der Waals surface area (Å²) in [7, 11) is 4.95. The minimum atomic E-state index is -0.754. The van der Waals surface area contributed by atoms with Crippen LogP contribution in [0.15, 0.2) is 60.8 Å². The molecule has 8 heteroatoms. The van der Waals surface area contributed by atoms with E-state index in [1.807, 2.05) is 30.3 Å². The minimum absolute atomic E-state index is 0.177. The van der Waals surface area contributed by atoms with Crippen LogP contribution in [0.2, 0.25) is 0 Å². The van der Waals surface area contributed by atoms with Gasteiger partial charge < -0.3 is 24.3 Å².